The summed E-state index contributed by atoms with van der Waals surface area (Å²) in [5.41, 5.74) is 1.42. The van der Waals surface area contributed by atoms with Crippen LogP contribution < -0.4 is 0 Å². The molecule has 80 valence electrons. The van der Waals surface area contributed by atoms with Crippen molar-refractivity contribution in [1.82, 2.24) is 0 Å². The Morgan fingerprint density at radius 2 is 2.27 bits per heavy atom. The molecule has 0 aliphatic heterocycles. The van der Waals surface area contributed by atoms with Crippen LogP contribution in [0.2, 0.25) is 0 Å². The molecule has 2 aliphatic carbocycles. The van der Waals surface area contributed by atoms with Crippen LogP contribution in [0.15, 0.2) is 16.7 Å². The van der Waals surface area contributed by atoms with E-state index in [1.165, 1.54) is 12.0 Å². The summed E-state index contributed by atoms with van der Waals surface area (Å²) in [5.74, 6) is 1.40. The number of aryl methyl sites for hydroxylation is 1. The molecule has 15 heavy (non-hydrogen) atoms. The highest BCUT2D eigenvalue weighted by atomic mass is 16.3. The first-order chi connectivity index (χ1) is 7.21. The fourth-order valence-electron chi connectivity index (χ4n) is 3.30. The Bertz CT molecular complexity index is 404. The fraction of sp³-hybridized carbons (Fsp3) is 0.615. The van der Waals surface area contributed by atoms with Gasteiger partial charge in [-0.1, -0.05) is 6.92 Å². The van der Waals surface area contributed by atoms with Gasteiger partial charge in [0, 0.05) is 6.42 Å². The van der Waals surface area contributed by atoms with Crippen molar-refractivity contribution in [2.45, 2.75) is 44.9 Å². The summed E-state index contributed by atoms with van der Waals surface area (Å²) in [6.07, 6.45) is 6.91. The number of carbonyl (C=O) groups is 1. The van der Waals surface area contributed by atoms with E-state index in [4.69, 9.17) is 4.42 Å². The first kappa shape index (κ1) is 9.20. The maximum atomic E-state index is 12.0. The minimum atomic E-state index is 0.0463. The molecule has 2 nitrogen and oxygen atoms in total. The van der Waals surface area contributed by atoms with E-state index in [2.05, 4.69) is 6.92 Å². The quantitative estimate of drug-likeness (QED) is 0.650. The van der Waals surface area contributed by atoms with E-state index in [1.807, 2.05) is 6.07 Å². The molecule has 0 bridgehead atoms. The Balaban J connectivity index is 2.10. The summed E-state index contributed by atoms with van der Waals surface area (Å²) < 4.78 is 5.54. The molecule has 1 fully saturated rings. The second-order valence-electron chi connectivity index (χ2n) is 5.22. The highest BCUT2D eigenvalue weighted by Gasteiger charge is 2.47. The molecule has 2 heteroatoms. The summed E-state index contributed by atoms with van der Waals surface area (Å²) in [5, 5.41) is 0. The molecule has 0 saturated heterocycles. The average Bonchev–Trinajstić information content (AvgIpc) is 2.64. The maximum absolute atomic E-state index is 12.0. The first-order valence-electron chi connectivity index (χ1n) is 5.80. The molecule has 0 aromatic carbocycles. The van der Waals surface area contributed by atoms with Crippen LogP contribution in [0.4, 0.5) is 0 Å². The van der Waals surface area contributed by atoms with Gasteiger partial charge in [0.15, 0.2) is 0 Å². The predicted octanol–water partition coefficient (Wildman–Crippen LogP) is 3.07. The molecule has 0 unspecified atom stereocenters. The molecular formula is C13H16O2. The molecule has 1 aromatic heterocycles. The maximum Gasteiger partial charge on any atom is 0.144 e. The lowest BCUT2D eigenvalue weighted by Crippen LogP contribution is -2.38. The number of fused-ring (bicyclic) bond motifs is 3. The van der Waals surface area contributed by atoms with E-state index < -0.39 is 0 Å². The lowest BCUT2D eigenvalue weighted by molar-refractivity contribution is -0.127. The number of Topliss-reactive ketones (excluding diaryl/α,β-unsaturated/α-hetero) is 1. The largest absolute Gasteiger partial charge is 0.468 e. The highest BCUT2D eigenvalue weighted by molar-refractivity contribution is 5.87. The van der Waals surface area contributed by atoms with Gasteiger partial charge in [-0.15, -0.1) is 0 Å². The number of hydrogen-bond acceptors (Lipinski definition) is 2. The van der Waals surface area contributed by atoms with Crippen molar-refractivity contribution < 1.29 is 9.21 Å². The zero-order chi connectivity index (χ0) is 10.5. The van der Waals surface area contributed by atoms with Crippen LogP contribution >= 0.6 is 0 Å². The van der Waals surface area contributed by atoms with Crippen molar-refractivity contribution in [3.63, 3.8) is 0 Å². The van der Waals surface area contributed by atoms with E-state index in [-0.39, 0.29) is 11.3 Å². The van der Waals surface area contributed by atoms with Crippen LogP contribution in [-0.2, 0) is 11.2 Å². The van der Waals surface area contributed by atoms with E-state index in [0.717, 1.165) is 31.4 Å². The Kier molecular flexibility index (Phi) is 1.82. The number of hydrogen-bond donors (Lipinski definition) is 0. The van der Waals surface area contributed by atoms with Gasteiger partial charge in [0.2, 0.25) is 0 Å². The van der Waals surface area contributed by atoms with Crippen molar-refractivity contribution in [2.24, 2.45) is 5.41 Å². The third kappa shape index (κ3) is 1.20. The van der Waals surface area contributed by atoms with Crippen LogP contribution in [-0.4, -0.2) is 5.78 Å². The zero-order valence-corrected chi connectivity index (χ0v) is 9.08. The molecule has 0 radical (unpaired) electrons. The van der Waals surface area contributed by atoms with Crippen LogP contribution in [0.25, 0.3) is 0 Å². The summed E-state index contributed by atoms with van der Waals surface area (Å²) in [6.45, 7) is 2.25. The molecular weight excluding hydrogens is 188 g/mol. The standard InChI is InChI=1S/C13H16O2/c1-13-6-2-3-10(14)11(13)12-9(4-7-13)5-8-15-12/h5,8,11H,2-4,6-7H2,1H3/t11-,13+/m0/s1. The van der Waals surface area contributed by atoms with Gasteiger partial charge in [-0.05, 0) is 42.7 Å². The minimum absolute atomic E-state index is 0.0463. The Morgan fingerprint density at radius 3 is 3.13 bits per heavy atom. The van der Waals surface area contributed by atoms with Crippen molar-refractivity contribution in [2.75, 3.05) is 0 Å². The van der Waals surface area contributed by atoms with Crippen molar-refractivity contribution in [3.05, 3.63) is 23.7 Å². The average molecular weight is 204 g/mol. The van der Waals surface area contributed by atoms with Gasteiger partial charge >= 0.3 is 0 Å². The third-order valence-electron chi connectivity index (χ3n) is 4.20. The van der Waals surface area contributed by atoms with Gasteiger partial charge in [-0.3, -0.25) is 4.79 Å². The Hall–Kier alpha value is -1.05. The smallest absolute Gasteiger partial charge is 0.144 e. The van der Waals surface area contributed by atoms with Crippen molar-refractivity contribution >= 4 is 5.78 Å². The monoisotopic (exact) mass is 204 g/mol. The lowest BCUT2D eigenvalue weighted by Gasteiger charge is -2.42. The molecule has 1 saturated carbocycles. The topological polar surface area (TPSA) is 30.2 Å². The normalized spacial score (nSPS) is 34.7. The van der Waals surface area contributed by atoms with Crippen LogP contribution in [0, 0.1) is 5.41 Å². The number of ketones is 1. The first-order valence-corrected chi connectivity index (χ1v) is 5.80. The minimum Gasteiger partial charge on any atom is -0.468 e. The SMILES string of the molecule is C[C@]12CCCC(=O)[C@H]1c1occc1CC2. The molecule has 0 N–H and O–H groups in total. The number of rotatable bonds is 0. The molecule has 2 atom stereocenters. The lowest BCUT2D eigenvalue weighted by atomic mass is 9.60. The fourth-order valence-corrected chi connectivity index (χ4v) is 3.30. The molecule has 1 aromatic rings. The summed E-state index contributed by atoms with van der Waals surface area (Å²) >= 11 is 0. The van der Waals surface area contributed by atoms with Crippen LogP contribution in [0.1, 0.15) is 49.8 Å². The molecule has 0 amide bonds. The molecule has 3 rings (SSSR count). The van der Waals surface area contributed by atoms with Crippen LogP contribution in [0.3, 0.4) is 0 Å². The predicted molar refractivity (Wildman–Crippen MR) is 56.7 cm³/mol. The summed E-state index contributed by atoms with van der Waals surface area (Å²) in [6, 6.07) is 2.02. The number of furan rings is 1. The van der Waals surface area contributed by atoms with Gasteiger partial charge in [0.1, 0.15) is 11.5 Å². The Morgan fingerprint density at radius 1 is 1.40 bits per heavy atom. The van der Waals surface area contributed by atoms with Gasteiger partial charge in [-0.25, -0.2) is 0 Å². The van der Waals surface area contributed by atoms with E-state index >= 15 is 0 Å². The van der Waals surface area contributed by atoms with Crippen molar-refractivity contribution in [3.8, 4) is 0 Å². The van der Waals surface area contributed by atoms with Gasteiger partial charge in [0.25, 0.3) is 0 Å². The molecule has 2 aliphatic rings. The van der Waals surface area contributed by atoms with Gasteiger partial charge in [-0.2, -0.15) is 0 Å². The van der Waals surface area contributed by atoms with E-state index in [0.29, 0.717) is 5.78 Å². The van der Waals surface area contributed by atoms with E-state index in [9.17, 15) is 4.79 Å². The second kappa shape index (κ2) is 2.97. The Labute approximate surface area is 89.7 Å². The summed E-state index contributed by atoms with van der Waals surface area (Å²) in [4.78, 5) is 12.0. The van der Waals surface area contributed by atoms with E-state index in [1.54, 1.807) is 6.26 Å². The third-order valence-corrected chi connectivity index (χ3v) is 4.20. The van der Waals surface area contributed by atoms with Crippen molar-refractivity contribution in [1.29, 1.82) is 0 Å². The summed E-state index contributed by atoms with van der Waals surface area (Å²) in [7, 11) is 0. The molecule has 1 heterocycles. The van der Waals surface area contributed by atoms with Gasteiger partial charge in [0.05, 0.1) is 12.2 Å². The molecule has 0 spiro atoms. The number of carbonyl (C=O) groups excluding carboxylic acids is 1. The van der Waals surface area contributed by atoms with Crippen LogP contribution in [0.5, 0.6) is 0 Å². The second-order valence-corrected chi connectivity index (χ2v) is 5.22. The zero-order valence-electron chi connectivity index (χ0n) is 9.08. The van der Waals surface area contributed by atoms with Gasteiger partial charge < -0.3 is 4.42 Å². The highest BCUT2D eigenvalue weighted by Crippen LogP contribution is 2.52.